The molecule has 0 aliphatic rings. The summed E-state index contributed by atoms with van der Waals surface area (Å²) in [5.74, 6) is 0. The van der Waals surface area contributed by atoms with E-state index < -0.39 is 18.0 Å². The van der Waals surface area contributed by atoms with Crippen LogP contribution in [0.1, 0.15) is 38.3 Å². The SMILES string of the molecule is CC(C)(C)NCC(O)c1cccc(C(F)(F)F)n1. The van der Waals surface area contributed by atoms with Crippen LogP contribution in [0.5, 0.6) is 0 Å². The van der Waals surface area contributed by atoms with Gasteiger partial charge in [-0.05, 0) is 32.9 Å². The Bertz CT molecular complexity index is 399. The number of nitrogens with one attached hydrogen (secondary N) is 1. The van der Waals surface area contributed by atoms with Gasteiger partial charge in [-0.15, -0.1) is 0 Å². The Morgan fingerprint density at radius 1 is 1.28 bits per heavy atom. The van der Waals surface area contributed by atoms with E-state index in [-0.39, 0.29) is 17.8 Å². The molecule has 1 heterocycles. The summed E-state index contributed by atoms with van der Waals surface area (Å²) in [5.41, 5.74) is -1.20. The van der Waals surface area contributed by atoms with Gasteiger partial charge < -0.3 is 10.4 Å². The van der Waals surface area contributed by atoms with Gasteiger partial charge >= 0.3 is 6.18 Å². The molecule has 6 heteroatoms. The quantitative estimate of drug-likeness (QED) is 0.879. The number of pyridine rings is 1. The Labute approximate surface area is 104 Å². The highest BCUT2D eigenvalue weighted by atomic mass is 19.4. The highest BCUT2D eigenvalue weighted by Gasteiger charge is 2.32. The molecule has 1 aromatic rings. The van der Waals surface area contributed by atoms with Gasteiger partial charge in [-0.25, -0.2) is 4.98 Å². The van der Waals surface area contributed by atoms with Crippen LogP contribution in [-0.4, -0.2) is 22.2 Å². The van der Waals surface area contributed by atoms with Crippen molar-refractivity contribution in [2.75, 3.05) is 6.54 Å². The zero-order chi connectivity index (χ0) is 14.0. The fraction of sp³-hybridized carbons (Fsp3) is 0.583. The third-order valence-electron chi connectivity index (χ3n) is 2.23. The molecule has 102 valence electrons. The zero-order valence-electron chi connectivity index (χ0n) is 10.5. The van der Waals surface area contributed by atoms with Crippen molar-refractivity contribution < 1.29 is 18.3 Å². The molecule has 3 nitrogen and oxygen atoms in total. The fourth-order valence-electron chi connectivity index (χ4n) is 1.30. The van der Waals surface area contributed by atoms with Crippen LogP contribution in [0.25, 0.3) is 0 Å². The van der Waals surface area contributed by atoms with Crippen LogP contribution in [0.3, 0.4) is 0 Å². The second-order valence-electron chi connectivity index (χ2n) is 5.09. The van der Waals surface area contributed by atoms with E-state index in [0.29, 0.717) is 0 Å². The molecule has 1 rings (SSSR count). The summed E-state index contributed by atoms with van der Waals surface area (Å²) in [7, 11) is 0. The van der Waals surface area contributed by atoms with Crippen LogP contribution in [0, 0.1) is 0 Å². The first kappa shape index (κ1) is 14.9. The predicted octanol–water partition coefficient (Wildman–Crippen LogP) is 2.52. The van der Waals surface area contributed by atoms with Crippen molar-refractivity contribution in [3.63, 3.8) is 0 Å². The van der Waals surface area contributed by atoms with Gasteiger partial charge in [0.05, 0.1) is 5.69 Å². The lowest BCUT2D eigenvalue weighted by Gasteiger charge is -2.22. The van der Waals surface area contributed by atoms with Crippen LogP contribution in [0.2, 0.25) is 0 Å². The first-order valence-electron chi connectivity index (χ1n) is 5.57. The number of aliphatic hydroxyl groups is 1. The number of aromatic nitrogens is 1. The van der Waals surface area contributed by atoms with Crippen molar-refractivity contribution in [3.8, 4) is 0 Å². The van der Waals surface area contributed by atoms with Gasteiger partial charge in [0.25, 0.3) is 0 Å². The van der Waals surface area contributed by atoms with Crippen molar-refractivity contribution in [1.82, 2.24) is 10.3 Å². The summed E-state index contributed by atoms with van der Waals surface area (Å²) in [6, 6.07) is 3.50. The molecule has 0 amide bonds. The Morgan fingerprint density at radius 2 is 1.89 bits per heavy atom. The van der Waals surface area contributed by atoms with Crippen molar-refractivity contribution >= 4 is 0 Å². The molecule has 1 aromatic heterocycles. The lowest BCUT2D eigenvalue weighted by atomic mass is 10.1. The second-order valence-corrected chi connectivity index (χ2v) is 5.09. The van der Waals surface area contributed by atoms with Crippen LogP contribution in [0.4, 0.5) is 13.2 Å². The lowest BCUT2D eigenvalue weighted by molar-refractivity contribution is -0.141. The van der Waals surface area contributed by atoms with Crippen molar-refractivity contribution in [3.05, 3.63) is 29.6 Å². The summed E-state index contributed by atoms with van der Waals surface area (Å²) in [6.45, 7) is 5.86. The minimum absolute atomic E-state index is 0.0153. The van der Waals surface area contributed by atoms with Crippen LogP contribution in [0.15, 0.2) is 18.2 Å². The molecule has 1 atom stereocenters. The summed E-state index contributed by atoms with van der Waals surface area (Å²) < 4.78 is 37.3. The first-order valence-corrected chi connectivity index (χ1v) is 5.57. The first-order chi connectivity index (χ1) is 8.09. The molecule has 0 aliphatic carbocycles. The normalized spacial score (nSPS) is 14.6. The Kier molecular flexibility index (Phi) is 4.34. The van der Waals surface area contributed by atoms with Gasteiger partial charge in [-0.1, -0.05) is 6.07 Å². The maximum atomic E-state index is 12.4. The molecule has 0 aliphatic heterocycles. The molecule has 0 bridgehead atoms. The molecule has 1 unspecified atom stereocenters. The van der Waals surface area contributed by atoms with Crippen LogP contribution < -0.4 is 5.32 Å². The highest BCUT2D eigenvalue weighted by Crippen LogP contribution is 2.28. The molecule has 0 aromatic carbocycles. The molecule has 18 heavy (non-hydrogen) atoms. The van der Waals surface area contributed by atoms with Gasteiger partial charge in [0.15, 0.2) is 0 Å². The predicted molar refractivity (Wildman–Crippen MR) is 62.0 cm³/mol. The topological polar surface area (TPSA) is 45.1 Å². The average molecular weight is 262 g/mol. The maximum Gasteiger partial charge on any atom is 0.433 e. The number of nitrogens with zero attached hydrogens (tertiary/aromatic N) is 1. The molecular formula is C12H17F3N2O. The van der Waals surface area contributed by atoms with Crippen molar-refractivity contribution in [1.29, 1.82) is 0 Å². The van der Waals surface area contributed by atoms with Crippen molar-refractivity contribution in [2.45, 2.75) is 38.6 Å². The molecule has 0 radical (unpaired) electrons. The van der Waals surface area contributed by atoms with E-state index in [4.69, 9.17) is 0 Å². The van der Waals surface area contributed by atoms with E-state index in [2.05, 4.69) is 10.3 Å². The molecule has 0 saturated heterocycles. The monoisotopic (exact) mass is 262 g/mol. The summed E-state index contributed by atoms with van der Waals surface area (Å²) in [5, 5.41) is 12.8. The number of aliphatic hydroxyl groups excluding tert-OH is 1. The third-order valence-corrected chi connectivity index (χ3v) is 2.23. The number of alkyl halides is 3. The largest absolute Gasteiger partial charge is 0.433 e. The third kappa shape index (κ3) is 4.62. The number of halogens is 3. The minimum Gasteiger partial charge on any atom is -0.385 e. The number of rotatable bonds is 3. The molecule has 0 spiro atoms. The van der Waals surface area contributed by atoms with E-state index >= 15 is 0 Å². The fourth-order valence-corrected chi connectivity index (χ4v) is 1.30. The Hall–Kier alpha value is -1.14. The van der Waals surface area contributed by atoms with E-state index in [9.17, 15) is 18.3 Å². The Balaban J connectivity index is 2.78. The molecule has 2 N–H and O–H groups in total. The average Bonchev–Trinajstić information content (AvgIpc) is 2.24. The zero-order valence-corrected chi connectivity index (χ0v) is 10.5. The van der Waals surface area contributed by atoms with E-state index in [0.717, 1.165) is 6.07 Å². The smallest absolute Gasteiger partial charge is 0.385 e. The Morgan fingerprint density at radius 3 is 2.39 bits per heavy atom. The maximum absolute atomic E-state index is 12.4. The molecule has 0 saturated carbocycles. The minimum atomic E-state index is -4.49. The second kappa shape index (κ2) is 5.24. The standard InChI is InChI=1S/C12H17F3N2O/c1-11(2,3)16-7-9(18)8-5-4-6-10(17-8)12(13,14)15/h4-6,9,16,18H,7H2,1-3H3. The van der Waals surface area contributed by atoms with Gasteiger partial charge in [0.2, 0.25) is 0 Å². The van der Waals surface area contributed by atoms with E-state index in [1.165, 1.54) is 12.1 Å². The van der Waals surface area contributed by atoms with Crippen LogP contribution in [-0.2, 0) is 6.18 Å². The van der Waals surface area contributed by atoms with Gasteiger partial charge in [0.1, 0.15) is 11.8 Å². The summed E-state index contributed by atoms with van der Waals surface area (Å²) >= 11 is 0. The molecular weight excluding hydrogens is 245 g/mol. The molecule has 0 fully saturated rings. The van der Waals surface area contributed by atoms with Crippen LogP contribution >= 0.6 is 0 Å². The number of β-amino-alcohol motifs (C(OH)–C–C–N with tert-alkyl or cyclic N) is 1. The highest BCUT2D eigenvalue weighted by molar-refractivity contribution is 5.15. The van der Waals surface area contributed by atoms with Gasteiger partial charge in [0, 0.05) is 12.1 Å². The van der Waals surface area contributed by atoms with E-state index in [1.807, 2.05) is 20.8 Å². The van der Waals surface area contributed by atoms with Gasteiger partial charge in [-0.2, -0.15) is 13.2 Å². The van der Waals surface area contributed by atoms with E-state index in [1.54, 1.807) is 0 Å². The summed E-state index contributed by atoms with van der Waals surface area (Å²) in [4.78, 5) is 3.43. The lowest BCUT2D eigenvalue weighted by Crippen LogP contribution is -2.38. The van der Waals surface area contributed by atoms with Crippen molar-refractivity contribution in [2.24, 2.45) is 0 Å². The number of hydrogen-bond donors (Lipinski definition) is 2. The summed E-state index contributed by atoms with van der Waals surface area (Å²) in [6.07, 6.45) is -5.56. The number of hydrogen-bond acceptors (Lipinski definition) is 3. The van der Waals surface area contributed by atoms with Gasteiger partial charge in [-0.3, -0.25) is 0 Å².